The lowest BCUT2D eigenvalue weighted by Gasteiger charge is -2.11. The van der Waals surface area contributed by atoms with Crippen LogP contribution in [0.3, 0.4) is 0 Å². The molecule has 0 aliphatic carbocycles. The van der Waals surface area contributed by atoms with E-state index in [0.29, 0.717) is 0 Å². The molecular weight excluding hydrogens is 276 g/mol. The van der Waals surface area contributed by atoms with Crippen molar-refractivity contribution in [1.29, 1.82) is 0 Å². The van der Waals surface area contributed by atoms with Gasteiger partial charge < -0.3 is 5.32 Å². The Labute approximate surface area is 129 Å². The van der Waals surface area contributed by atoms with Crippen molar-refractivity contribution in [1.82, 2.24) is 4.98 Å². The first kappa shape index (κ1) is 14.0. The van der Waals surface area contributed by atoms with E-state index in [4.69, 9.17) is 4.98 Å². The first-order valence-electron chi connectivity index (χ1n) is 7.17. The summed E-state index contributed by atoms with van der Waals surface area (Å²) in [6.45, 7) is 2.92. The van der Waals surface area contributed by atoms with E-state index in [-0.39, 0.29) is 0 Å². The molecule has 0 saturated carbocycles. The first-order chi connectivity index (χ1) is 10.4. The van der Waals surface area contributed by atoms with Crippen LogP contribution in [0, 0.1) is 0 Å². The van der Waals surface area contributed by atoms with Crippen molar-refractivity contribution in [2.24, 2.45) is 0 Å². The Morgan fingerprint density at radius 2 is 1.76 bits per heavy atom. The van der Waals surface area contributed by atoms with E-state index in [1.54, 1.807) is 0 Å². The van der Waals surface area contributed by atoms with E-state index in [0.717, 1.165) is 23.5 Å². The van der Waals surface area contributed by atoms with E-state index in [1.807, 2.05) is 23.9 Å². The van der Waals surface area contributed by atoms with Crippen molar-refractivity contribution in [3.05, 3.63) is 66.4 Å². The second kappa shape index (κ2) is 6.64. The van der Waals surface area contributed by atoms with Crippen LogP contribution >= 0.6 is 11.8 Å². The van der Waals surface area contributed by atoms with Crippen molar-refractivity contribution in [2.45, 2.75) is 18.4 Å². The summed E-state index contributed by atoms with van der Waals surface area (Å²) in [6.07, 6.45) is 0. The van der Waals surface area contributed by atoms with Gasteiger partial charge in [-0.1, -0.05) is 43.3 Å². The van der Waals surface area contributed by atoms with Crippen LogP contribution in [0.4, 0.5) is 5.69 Å². The third-order valence-electron chi connectivity index (χ3n) is 3.30. The fraction of sp³-hybridized carbons (Fsp3) is 0.167. The van der Waals surface area contributed by atoms with Gasteiger partial charge in [0.2, 0.25) is 0 Å². The number of para-hydroxylation sites is 2. The Kier molecular flexibility index (Phi) is 4.41. The summed E-state index contributed by atoms with van der Waals surface area (Å²) in [5.74, 6) is 1.08. The van der Waals surface area contributed by atoms with Gasteiger partial charge >= 0.3 is 0 Å². The molecule has 1 N–H and O–H groups in total. The Hall–Kier alpha value is -2.00. The van der Waals surface area contributed by atoms with Crippen molar-refractivity contribution < 1.29 is 0 Å². The van der Waals surface area contributed by atoms with Crippen LogP contribution < -0.4 is 5.32 Å². The summed E-state index contributed by atoms with van der Waals surface area (Å²) in [5.41, 5.74) is 3.29. The number of fused-ring (bicyclic) bond motifs is 1. The lowest BCUT2D eigenvalue weighted by atomic mass is 10.2. The standard InChI is InChI=1S/C18H18N2S/c1-2-21-18-10-6-5-9-17(18)19-13-15-12-11-14-7-3-4-8-16(14)20-15/h3-12,19H,2,13H2,1H3. The molecule has 1 aromatic heterocycles. The maximum absolute atomic E-state index is 4.70. The van der Waals surface area contributed by atoms with Gasteiger partial charge in [0.1, 0.15) is 0 Å². The average Bonchev–Trinajstić information content (AvgIpc) is 2.54. The van der Waals surface area contributed by atoms with Crippen molar-refractivity contribution in [2.75, 3.05) is 11.1 Å². The van der Waals surface area contributed by atoms with Crippen LogP contribution in [0.5, 0.6) is 0 Å². The summed E-state index contributed by atoms with van der Waals surface area (Å²) in [4.78, 5) is 5.99. The predicted octanol–water partition coefficient (Wildman–Crippen LogP) is 4.96. The normalized spacial score (nSPS) is 10.7. The molecule has 106 valence electrons. The number of hydrogen-bond acceptors (Lipinski definition) is 3. The van der Waals surface area contributed by atoms with E-state index >= 15 is 0 Å². The second-order valence-corrected chi connectivity index (χ2v) is 6.08. The average molecular weight is 294 g/mol. The highest BCUT2D eigenvalue weighted by atomic mass is 32.2. The summed E-state index contributed by atoms with van der Waals surface area (Å²) in [6, 6.07) is 20.9. The largest absolute Gasteiger partial charge is 0.378 e. The number of aromatic nitrogens is 1. The topological polar surface area (TPSA) is 24.9 Å². The van der Waals surface area contributed by atoms with Gasteiger partial charge in [0.05, 0.1) is 17.8 Å². The Morgan fingerprint density at radius 3 is 2.67 bits per heavy atom. The van der Waals surface area contributed by atoms with Crippen LogP contribution in [-0.4, -0.2) is 10.7 Å². The van der Waals surface area contributed by atoms with Gasteiger partial charge in [0.15, 0.2) is 0 Å². The lowest BCUT2D eigenvalue weighted by Crippen LogP contribution is -2.02. The molecule has 0 bridgehead atoms. The molecule has 0 fully saturated rings. The van der Waals surface area contributed by atoms with E-state index in [1.165, 1.54) is 16.0 Å². The molecule has 0 atom stereocenters. The van der Waals surface area contributed by atoms with Gasteiger partial charge in [0, 0.05) is 16.0 Å². The quantitative estimate of drug-likeness (QED) is 0.673. The fourth-order valence-electron chi connectivity index (χ4n) is 2.29. The summed E-state index contributed by atoms with van der Waals surface area (Å²) < 4.78 is 0. The fourth-order valence-corrected chi connectivity index (χ4v) is 3.07. The smallest absolute Gasteiger partial charge is 0.0706 e. The molecule has 0 spiro atoms. The molecule has 2 nitrogen and oxygen atoms in total. The number of rotatable bonds is 5. The number of pyridine rings is 1. The van der Waals surface area contributed by atoms with Gasteiger partial charge in [-0.05, 0) is 30.0 Å². The molecule has 0 unspecified atom stereocenters. The molecule has 0 aliphatic heterocycles. The van der Waals surface area contributed by atoms with Gasteiger partial charge in [-0.25, -0.2) is 0 Å². The van der Waals surface area contributed by atoms with E-state index in [9.17, 15) is 0 Å². The highest BCUT2D eigenvalue weighted by Crippen LogP contribution is 2.27. The Bertz CT molecular complexity index is 740. The molecule has 0 amide bonds. The van der Waals surface area contributed by atoms with E-state index in [2.05, 4.69) is 60.8 Å². The number of benzene rings is 2. The zero-order valence-corrected chi connectivity index (χ0v) is 12.9. The SMILES string of the molecule is CCSc1ccccc1NCc1ccc2ccccc2n1. The zero-order valence-electron chi connectivity index (χ0n) is 12.0. The maximum Gasteiger partial charge on any atom is 0.0706 e. The minimum atomic E-state index is 0.742. The van der Waals surface area contributed by atoms with Crippen molar-refractivity contribution in [3.63, 3.8) is 0 Å². The monoisotopic (exact) mass is 294 g/mol. The van der Waals surface area contributed by atoms with Gasteiger partial charge in [0.25, 0.3) is 0 Å². The molecule has 3 aromatic rings. The molecule has 2 aromatic carbocycles. The first-order valence-corrected chi connectivity index (χ1v) is 8.16. The van der Waals surface area contributed by atoms with Crippen LogP contribution in [0.1, 0.15) is 12.6 Å². The molecule has 0 radical (unpaired) electrons. The van der Waals surface area contributed by atoms with E-state index < -0.39 is 0 Å². The summed E-state index contributed by atoms with van der Waals surface area (Å²) in [7, 11) is 0. The molecule has 1 heterocycles. The third-order valence-corrected chi connectivity index (χ3v) is 4.26. The lowest BCUT2D eigenvalue weighted by molar-refractivity contribution is 1.06. The van der Waals surface area contributed by atoms with Gasteiger partial charge in [-0.15, -0.1) is 11.8 Å². The van der Waals surface area contributed by atoms with Gasteiger partial charge in [-0.3, -0.25) is 4.98 Å². The van der Waals surface area contributed by atoms with Crippen LogP contribution in [0.2, 0.25) is 0 Å². The number of nitrogens with one attached hydrogen (secondary N) is 1. The molecule has 0 aliphatic rings. The minimum absolute atomic E-state index is 0.742. The predicted molar refractivity (Wildman–Crippen MR) is 91.9 cm³/mol. The van der Waals surface area contributed by atoms with Gasteiger partial charge in [-0.2, -0.15) is 0 Å². The van der Waals surface area contributed by atoms with Crippen LogP contribution in [0.25, 0.3) is 10.9 Å². The summed E-state index contributed by atoms with van der Waals surface area (Å²) in [5, 5.41) is 4.68. The molecule has 21 heavy (non-hydrogen) atoms. The molecular formula is C18H18N2S. The Morgan fingerprint density at radius 1 is 0.952 bits per heavy atom. The third kappa shape index (κ3) is 3.37. The highest BCUT2D eigenvalue weighted by Gasteiger charge is 2.02. The van der Waals surface area contributed by atoms with Crippen LogP contribution in [-0.2, 0) is 6.54 Å². The maximum atomic E-state index is 4.70. The molecule has 3 rings (SSSR count). The molecule has 0 saturated heterocycles. The highest BCUT2D eigenvalue weighted by molar-refractivity contribution is 7.99. The minimum Gasteiger partial charge on any atom is -0.378 e. The summed E-state index contributed by atoms with van der Waals surface area (Å²) >= 11 is 1.86. The van der Waals surface area contributed by atoms with Crippen LogP contribution in [0.15, 0.2) is 65.6 Å². The number of nitrogens with zero attached hydrogens (tertiary/aromatic N) is 1. The Balaban J connectivity index is 1.77. The van der Waals surface area contributed by atoms with Crippen molar-refractivity contribution in [3.8, 4) is 0 Å². The number of anilines is 1. The second-order valence-electron chi connectivity index (χ2n) is 4.78. The number of thioether (sulfide) groups is 1. The van der Waals surface area contributed by atoms with Crippen molar-refractivity contribution >= 4 is 28.4 Å². The zero-order chi connectivity index (χ0) is 14.5. The molecule has 3 heteroatoms. The number of hydrogen-bond donors (Lipinski definition) is 1.